The molecule has 158 valence electrons. The van der Waals surface area contributed by atoms with Crippen molar-refractivity contribution in [3.8, 4) is 5.75 Å². The number of anilines is 1. The lowest BCUT2D eigenvalue weighted by atomic mass is 10.2. The van der Waals surface area contributed by atoms with Gasteiger partial charge in [-0.05, 0) is 31.2 Å². The zero-order chi connectivity index (χ0) is 19.9. The molecule has 0 saturated carbocycles. The van der Waals surface area contributed by atoms with Gasteiger partial charge in [-0.25, -0.2) is 4.99 Å². The summed E-state index contributed by atoms with van der Waals surface area (Å²) in [5.41, 5.74) is 1.22. The van der Waals surface area contributed by atoms with Gasteiger partial charge in [0, 0.05) is 45.5 Å². The Hall–Kier alpha value is -2.30. The zero-order valence-corrected chi connectivity index (χ0v) is 19.7. The first-order chi connectivity index (χ1) is 13.6. The normalized spacial score (nSPS) is 14.4. The van der Waals surface area contributed by atoms with E-state index in [4.69, 9.17) is 9.73 Å². The molecule has 1 aliphatic rings. The molecule has 1 N–H and O–H groups in total. The van der Waals surface area contributed by atoms with Crippen molar-refractivity contribution in [2.75, 3.05) is 44.7 Å². The van der Waals surface area contributed by atoms with Gasteiger partial charge in [-0.15, -0.1) is 40.8 Å². The second kappa shape index (κ2) is 11.0. The largest absolute Gasteiger partial charge is 0.497 e. The molecule has 2 heterocycles. The number of halogens is 1. The third-order valence-electron chi connectivity index (χ3n) is 4.97. The molecular formula is C20H30IN7O. The maximum Gasteiger partial charge on any atom is 0.194 e. The average Bonchev–Trinajstić information content (AvgIpc) is 3.06. The van der Waals surface area contributed by atoms with Gasteiger partial charge in [-0.3, -0.25) is 0 Å². The van der Waals surface area contributed by atoms with Crippen molar-refractivity contribution in [2.24, 2.45) is 12.0 Å². The Kier molecular flexibility index (Phi) is 8.74. The lowest BCUT2D eigenvalue weighted by Crippen LogP contribution is -2.52. The Morgan fingerprint density at radius 2 is 1.90 bits per heavy atom. The van der Waals surface area contributed by atoms with Crippen LogP contribution in [0.25, 0.3) is 0 Å². The molecule has 1 aromatic carbocycles. The van der Waals surface area contributed by atoms with Gasteiger partial charge in [-0.2, -0.15) is 0 Å². The summed E-state index contributed by atoms with van der Waals surface area (Å²) in [6, 6.07) is 8.22. The van der Waals surface area contributed by atoms with Crippen LogP contribution in [0, 0.1) is 6.92 Å². The zero-order valence-electron chi connectivity index (χ0n) is 17.3. The average molecular weight is 511 g/mol. The van der Waals surface area contributed by atoms with Gasteiger partial charge < -0.3 is 24.4 Å². The maximum absolute atomic E-state index is 5.25. The molecule has 1 aliphatic heterocycles. The van der Waals surface area contributed by atoms with Crippen LogP contribution in [0.3, 0.4) is 0 Å². The fourth-order valence-corrected chi connectivity index (χ4v) is 3.13. The van der Waals surface area contributed by atoms with Gasteiger partial charge in [0.25, 0.3) is 0 Å². The van der Waals surface area contributed by atoms with Gasteiger partial charge in [0.15, 0.2) is 11.8 Å². The molecule has 0 spiro atoms. The summed E-state index contributed by atoms with van der Waals surface area (Å²) in [4.78, 5) is 9.44. The number of rotatable bonds is 6. The van der Waals surface area contributed by atoms with Gasteiger partial charge in [0.2, 0.25) is 0 Å². The number of piperazine rings is 1. The van der Waals surface area contributed by atoms with E-state index in [1.54, 1.807) is 7.11 Å². The van der Waals surface area contributed by atoms with E-state index in [-0.39, 0.29) is 24.0 Å². The Labute approximate surface area is 189 Å². The summed E-state index contributed by atoms with van der Waals surface area (Å²) in [7, 11) is 3.65. The number of hydrogen-bond acceptors (Lipinski definition) is 5. The Morgan fingerprint density at radius 3 is 2.45 bits per heavy atom. The predicted molar refractivity (Wildman–Crippen MR) is 127 cm³/mol. The van der Waals surface area contributed by atoms with Gasteiger partial charge in [0.05, 0.1) is 7.11 Å². The second-order valence-corrected chi connectivity index (χ2v) is 6.70. The fourth-order valence-electron chi connectivity index (χ4n) is 3.13. The number of aliphatic imine (C=N–C) groups is 1. The molecule has 0 radical (unpaired) electrons. The number of methoxy groups -OCH3 is 1. The Bertz CT molecular complexity index is 811. The summed E-state index contributed by atoms with van der Waals surface area (Å²) < 4.78 is 7.21. The lowest BCUT2D eigenvalue weighted by Gasteiger charge is -2.37. The minimum atomic E-state index is 0. The predicted octanol–water partition coefficient (Wildman–Crippen LogP) is 2.20. The molecule has 2 aromatic rings. The van der Waals surface area contributed by atoms with Crippen molar-refractivity contribution in [2.45, 2.75) is 13.5 Å². The topological polar surface area (TPSA) is 70.8 Å². The molecule has 1 saturated heterocycles. The fraction of sp³-hybridized carbons (Fsp3) is 0.450. The quantitative estimate of drug-likeness (QED) is 0.278. The number of benzene rings is 1. The van der Waals surface area contributed by atoms with E-state index in [1.807, 2.05) is 36.7 Å². The van der Waals surface area contributed by atoms with Crippen LogP contribution in [-0.4, -0.2) is 65.5 Å². The molecule has 0 amide bonds. The Morgan fingerprint density at radius 1 is 1.21 bits per heavy atom. The number of nitrogens with one attached hydrogen (secondary N) is 1. The molecule has 0 atom stereocenters. The van der Waals surface area contributed by atoms with Crippen molar-refractivity contribution >= 4 is 35.6 Å². The minimum absolute atomic E-state index is 0. The van der Waals surface area contributed by atoms with Gasteiger partial charge in [-0.1, -0.05) is 6.08 Å². The SMILES string of the molecule is C=CCNC(=NCc1nnc(C)n1C)N1CCN(c2ccc(OC)cc2)CC1.I. The van der Waals surface area contributed by atoms with Crippen LogP contribution in [0.2, 0.25) is 0 Å². The van der Waals surface area contributed by atoms with Crippen molar-refractivity contribution in [1.82, 2.24) is 25.0 Å². The summed E-state index contributed by atoms with van der Waals surface area (Å²) in [5.74, 6) is 3.51. The first-order valence-corrected chi connectivity index (χ1v) is 9.50. The number of hydrogen-bond donors (Lipinski definition) is 1. The van der Waals surface area contributed by atoms with Crippen molar-refractivity contribution < 1.29 is 4.74 Å². The van der Waals surface area contributed by atoms with Crippen molar-refractivity contribution in [3.05, 3.63) is 48.6 Å². The molecule has 9 heteroatoms. The van der Waals surface area contributed by atoms with Crippen LogP contribution in [0.5, 0.6) is 5.75 Å². The first kappa shape index (κ1) is 23.0. The standard InChI is InChI=1S/C20H29N7O.HI/c1-5-10-21-20(22-15-19-24-23-16(2)25(19)3)27-13-11-26(12-14-27)17-6-8-18(28-4)9-7-17;/h5-9H,1,10-15H2,2-4H3,(H,21,22);1H. The number of aromatic nitrogens is 3. The van der Waals surface area contributed by atoms with Gasteiger partial charge in [0.1, 0.15) is 18.1 Å². The van der Waals surface area contributed by atoms with E-state index in [0.717, 1.165) is 49.5 Å². The van der Waals surface area contributed by atoms with E-state index < -0.39 is 0 Å². The molecule has 1 fully saturated rings. The monoisotopic (exact) mass is 511 g/mol. The number of nitrogens with zero attached hydrogens (tertiary/aromatic N) is 6. The molecule has 0 unspecified atom stereocenters. The first-order valence-electron chi connectivity index (χ1n) is 9.50. The van der Waals surface area contributed by atoms with Crippen LogP contribution in [0.1, 0.15) is 11.6 Å². The van der Waals surface area contributed by atoms with Crippen molar-refractivity contribution in [3.63, 3.8) is 0 Å². The molecule has 1 aromatic heterocycles. The van der Waals surface area contributed by atoms with E-state index in [2.05, 4.69) is 44.0 Å². The van der Waals surface area contributed by atoms with Crippen LogP contribution in [-0.2, 0) is 13.6 Å². The molecule has 0 bridgehead atoms. The third-order valence-corrected chi connectivity index (χ3v) is 4.97. The third kappa shape index (κ3) is 5.84. The summed E-state index contributed by atoms with van der Waals surface area (Å²) in [6.45, 7) is 10.6. The highest BCUT2D eigenvalue weighted by Gasteiger charge is 2.20. The Balaban J connectivity index is 0.00000300. The number of aryl methyl sites for hydroxylation is 1. The van der Waals surface area contributed by atoms with E-state index in [1.165, 1.54) is 5.69 Å². The molecule has 8 nitrogen and oxygen atoms in total. The van der Waals surface area contributed by atoms with Crippen LogP contribution in [0.4, 0.5) is 5.69 Å². The number of guanidine groups is 1. The second-order valence-electron chi connectivity index (χ2n) is 6.70. The summed E-state index contributed by atoms with van der Waals surface area (Å²) >= 11 is 0. The van der Waals surface area contributed by atoms with E-state index in [0.29, 0.717) is 13.1 Å². The molecular weight excluding hydrogens is 481 g/mol. The lowest BCUT2D eigenvalue weighted by molar-refractivity contribution is 0.373. The van der Waals surface area contributed by atoms with Crippen LogP contribution < -0.4 is 15.0 Å². The van der Waals surface area contributed by atoms with Gasteiger partial charge >= 0.3 is 0 Å². The van der Waals surface area contributed by atoms with E-state index in [9.17, 15) is 0 Å². The molecule has 29 heavy (non-hydrogen) atoms. The highest BCUT2D eigenvalue weighted by atomic mass is 127. The summed E-state index contributed by atoms with van der Waals surface area (Å²) in [5, 5.41) is 11.7. The maximum atomic E-state index is 5.25. The molecule has 0 aliphatic carbocycles. The van der Waals surface area contributed by atoms with Crippen LogP contribution >= 0.6 is 24.0 Å². The molecule has 3 rings (SSSR count). The van der Waals surface area contributed by atoms with Crippen molar-refractivity contribution in [1.29, 1.82) is 0 Å². The summed E-state index contributed by atoms with van der Waals surface area (Å²) in [6.07, 6.45) is 1.84. The minimum Gasteiger partial charge on any atom is -0.497 e. The van der Waals surface area contributed by atoms with Crippen LogP contribution in [0.15, 0.2) is 41.9 Å². The van der Waals surface area contributed by atoms with E-state index >= 15 is 0 Å². The smallest absolute Gasteiger partial charge is 0.194 e. The highest BCUT2D eigenvalue weighted by Crippen LogP contribution is 2.20. The number of ether oxygens (including phenoxy) is 1. The highest BCUT2D eigenvalue weighted by molar-refractivity contribution is 14.0.